The first-order chi connectivity index (χ1) is 11.1. The summed E-state index contributed by atoms with van der Waals surface area (Å²) in [6.07, 6.45) is -0.576. The predicted molar refractivity (Wildman–Crippen MR) is 94.0 cm³/mol. The molecule has 1 heterocycles. The molecule has 0 fully saturated rings. The molecule has 0 bridgehead atoms. The molecule has 1 aromatic heterocycles. The molecule has 7 nitrogen and oxygen atoms in total. The summed E-state index contributed by atoms with van der Waals surface area (Å²) in [7, 11) is 0. The van der Waals surface area contributed by atoms with Gasteiger partial charge in [-0.2, -0.15) is 0 Å². The molecule has 2 amide bonds. The summed E-state index contributed by atoms with van der Waals surface area (Å²) in [6, 6.07) is 7.34. The van der Waals surface area contributed by atoms with E-state index in [1.807, 2.05) is 18.2 Å². The Labute approximate surface area is 149 Å². The summed E-state index contributed by atoms with van der Waals surface area (Å²) in [5, 5.41) is 13.3. The number of thioether (sulfide) groups is 1. The highest BCUT2D eigenvalue weighted by atomic mass is 79.9. The lowest BCUT2D eigenvalue weighted by Crippen LogP contribution is -2.13. The molecule has 0 spiro atoms. The van der Waals surface area contributed by atoms with Crippen molar-refractivity contribution in [2.45, 2.75) is 11.3 Å². The number of carbonyl (C=O) groups is 2. The molecule has 0 aliphatic heterocycles. The second-order valence-electron chi connectivity index (χ2n) is 4.07. The molecule has 10 heteroatoms. The van der Waals surface area contributed by atoms with Gasteiger partial charge in [-0.1, -0.05) is 45.1 Å². The second-order valence-corrected chi connectivity index (χ2v) is 7.18. The monoisotopic (exact) mass is 416 g/mol. The van der Waals surface area contributed by atoms with E-state index in [1.54, 1.807) is 13.0 Å². The summed E-state index contributed by atoms with van der Waals surface area (Å²) < 4.78 is 6.22. The van der Waals surface area contributed by atoms with Gasteiger partial charge in [0.2, 0.25) is 11.0 Å². The first-order valence-electron chi connectivity index (χ1n) is 6.52. The molecule has 0 saturated carbocycles. The van der Waals surface area contributed by atoms with Crippen molar-refractivity contribution in [3.05, 3.63) is 28.7 Å². The summed E-state index contributed by atoms with van der Waals surface area (Å²) in [5.41, 5.74) is 0.715. The standard InChI is InChI=1S/C13H13BrN4O3S2/c1-2-21-12(20)16-11-17-18-13(23-11)22-7-10(19)15-9-5-3-4-8(14)6-9/h3-6H,2,7H2,1H3,(H,15,19)(H,16,17,20). The minimum absolute atomic E-state index is 0.150. The molecule has 23 heavy (non-hydrogen) atoms. The highest BCUT2D eigenvalue weighted by Gasteiger charge is 2.11. The first kappa shape index (κ1) is 17.7. The van der Waals surface area contributed by atoms with Crippen LogP contribution in [0.2, 0.25) is 0 Å². The third-order valence-corrected chi connectivity index (χ3v) is 4.79. The van der Waals surface area contributed by atoms with E-state index in [2.05, 4.69) is 36.8 Å². The number of nitrogens with zero attached hydrogens (tertiary/aromatic N) is 2. The number of hydrogen-bond donors (Lipinski definition) is 2. The first-order valence-corrected chi connectivity index (χ1v) is 9.12. The minimum atomic E-state index is -0.576. The van der Waals surface area contributed by atoms with Crippen LogP contribution in [0.3, 0.4) is 0 Å². The lowest BCUT2D eigenvalue weighted by molar-refractivity contribution is -0.113. The maximum Gasteiger partial charge on any atom is 0.413 e. The van der Waals surface area contributed by atoms with E-state index in [9.17, 15) is 9.59 Å². The third-order valence-electron chi connectivity index (χ3n) is 2.33. The number of rotatable bonds is 6. The zero-order valence-electron chi connectivity index (χ0n) is 12.0. The summed E-state index contributed by atoms with van der Waals surface area (Å²) in [6.45, 7) is 1.99. The van der Waals surface area contributed by atoms with Crippen LogP contribution in [0.1, 0.15) is 6.92 Å². The molecule has 0 unspecified atom stereocenters. The largest absolute Gasteiger partial charge is 0.450 e. The number of ether oxygens (including phenoxy) is 1. The summed E-state index contributed by atoms with van der Waals surface area (Å²) in [5.74, 6) is 0.0452. The maximum atomic E-state index is 11.9. The number of hydrogen-bond acceptors (Lipinski definition) is 7. The molecule has 0 aliphatic rings. The lowest BCUT2D eigenvalue weighted by atomic mass is 10.3. The summed E-state index contributed by atoms with van der Waals surface area (Å²) >= 11 is 5.76. The summed E-state index contributed by atoms with van der Waals surface area (Å²) in [4.78, 5) is 23.1. The molecule has 0 radical (unpaired) electrons. The van der Waals surface area contributed by atoms with Crippen LogP contribution < -0.4 is 10.6 Å². The Morgan fingerprint density at radius 2 is 2.17 bits per heavy atom. The van der Waals surface area contributed by atoms with E-state index in [4.69, 9.17) is 4.74 Å². The Bertz CT molecular complexity index is 695. The quantitative estimate of drug-likeness (QED) is 0.551. The molecule has 2 N–H and O–H groups in total. The number of aromatic nitrogens is 2. The van der Waals surface area contributed by atoms with E-state index < -0.39 is 6.09 Å². The Morgan fingerprint density at radius 1 is 1.35 bits per heavy atom. The average molecular weight is 417 g/mol. The van der Waals surface area contributed by atoms with Crippen molar-refractivity contribution in [3.63, 3.8) is 0 Å². The molecule has 0 aliphatic carbocycles. The smallest absolute Gasteiger partial charge is 0.413 e. The molecular formula is C13H13BrN4O3S2. The number of nitrogens with one attached hydrogen (secondary N) is 2. The average Bonchev–Trinajstić information content (AvgIpc) is 2.93. The van der Waals surface area contributed by atoms with Crippen molar-refractivity contribution in [2.75, 3.05) is 23.0 Å². The lowest BCUT2D eigenvalue weighted by Gasteiger charge is -2.04. The van der Waals surface area contributed by atoms with E-state index in [0.29, 0.717) is 15.2 Å². The number of benzene rings is 1. The molecular weight excluding hydrogens is 404 g/mol. The maximum absolute atomic E-state index is 11.9. The van der Waals surface area contributed by atoms with Gasteiger partial charge < -0.3 is 10.1 Å². The van der Waals surface area contributed by atoms with E-state index in [-0.39, 0.29) is 18.3 Å². The van der Waals surface area contributed by atoms with Gasteiger partial charge in [0, 0.05) is 10.2 Å². The zero-order valence-corrected chi connectivity index (χ0v) is 15.3. The second kappa shape index (κ2) is 8.85. The Hall–Kier alpha value is -1.65. The minimum Gasteiger partial charge on any atom is -0.450 e. The third kappa shape index (κ3) is 6.16. The molecule has 0 saturated heterocycles. The molecule has 2 rings (SSSR count). The van der Waals surface area contributed by atoms with Crippen LogP contribution in [0, 0.1) is 0 Å². The van der Waals surface area contributed by atoms with Gasteiger partial charge in [-0.3, -0.25) is 10.1 Å². The highest BCUT2D eigenvalue weighted by Crippen LogP contribution is 2.25. The van der Waals surface area contributed by atoms with Gasteiger partial charge in [0.1, 0.15) is 0 Å². The van der Waals surface area contributed by atoms with Crippen molar-refractivity contribution >= 4 is 61.8 Å². The van der Waals surface area contributed by atoms with Crippen LogP contribution in [0.4, 0.5) is 15.6 Å². The van der Waals surface area contributed by atoms with Gasteiger partial charge in [0.05, 0.1) is 12.4 Å². The normalized spacial score (nSPS) is 10.2. The van der Waals surface area contributed by atoms with Crippen molar-refractivity contribution in [2.24, 2.45) is 0 Å². The molecule has 122 valence electrons. The van der Waals surface area contributed by atoms with E-state index in [0.717, 1.165) is 4.47 Å². The molecule has 1 aromatic carbocycles. The SMILES string of the molecule is CCOC(=O)Nc1nnc(SCC(=O)Nc2cccc(Br)c2)s1. The molecule has 0 atom stereocenters. The fourth-order valence-electron chi connectivity index (χ4n) is 1.46. The zero-order chi connectivity index (χ0) is 16.7. The van der Waals surface area contributed by atoms with Crippen LogP contribution in [0.25, 0.3) is 0 Å². The van der Waals surface area contributed by atoms with Crippen molar-refractivity contribution in [3.8, 4) is 0 Å². The Balaban J connectivity index is 1.80. The van der Waals surface area contributed by atoms with E-state index >= 15 is 0 Å². The van der Waals surface area contributed by atoms with E-state index in [1.165, 1.54) is 23.1 Å². The number of halogens is 1. The van der Waals surface area contributed by atoms with Gasteiger partial charge in [-0.15, -0.1) is 10.2 Å². The number of anilines is 2. The fourth-order valence-corrected chi connectivity index (χ4v) is 3.40. The Kier molecular flexibility index (Phi) is 6.81. The van der Waals surface area contributed by atoms with Crippen LogP contribution in [-0.4, -0.2) is 34.6 Å². The molecule has 2 aromatic rings. The van der Waals surface area contributed by atoms with Gasteiger partial charge in [0.25, 0.3) is 0 Å². The van der Waals surface area contributed by atoms with Crippen molar-refractivity contribution < 1.29 is 14.3 Å². The van der Waals surface area contributed by atoms with Crippen molar-refractivity contribution in [1.29, 1.82) is 0 Å². The van der Waals surface area contributed by atoms with Crippen LogP contribution in [0.15, 0.2) is 33.1 Å². The highest BCUT2D eigenvalue weighted by molar-refractivity contribution is 9.10. The predicted octanol–water partition coefficient (Wildman–Crippen LogP) is 3.60. The van der Waals surface area contributed by atoms with Crippen LogP contribution in [-0.2, 0) is 9.53 Å². The number of carbonyl (C=O) groups excluding carboxylic acids is 2. The fraction of sp³-hybridized carbons (Fsp3) is 0.231. The topological polar surface area (TPSA) is 93.2 Å². The van der Waals surface area contributed by atoms with Gasteiger partial charge >= 0.3 is 6.09 Å². The van der Waals surface area contributed by atoms with Crippen LogP contribution in [0.5, 0.6) is 0 Å². The Morgan fingerprint density at radius 3 is 2.91 bits per heavy atom. The van der Waals surface area contributed by atoms with Gasteiger partial charge in [0.15, 0.2) is 4.34 Å². The van der Waals surface area contributed by atoms with Gasteiger partial charge in [-0.25, -0.2) is 4.79 Å². The van der Waals surface area contributed by atoms with Gasteiger partial charge in [-0.05, 0) is 25.1 Å². The number of amides is 2. The van der Waals surface area contributed by atoms with Crippen LogP contribution >= 0.6 is 39.0 Å². The van der Waals surface area contributed by atoms with Crippen molar-refractivity contribution in [1.82, 2.24) is 10.2 Å².